The first-order valence-electron chi connectivity index (χ1n) is 21.9. The number of rotatable bonds is 39. The van der Waals surface area contributed by atoms with E-state index in [4.69, 9.17) is 14.2 Å². The molecule has 0 aromatic rings. The molecule has 0 rings (SSSR count). The Kier molecular flexibility index (Phi) is 37.4. The van der Waals surface area contributed by atoms with Crippen LogP contribution in [0.4, 0.5) is 0 Å². The second-order valence-corrected chi connectivity index (χ2v) is 15.5. The van der Waals surface area contributed by atoms with E-state index < -0.39 is 6.10 Å². The van der Waals surface area contributed by atoms with Crippen LogP contribution >= 0.6 is 0 Å². The van der Waals surface area contributed by atoms with Gasteiger partial charge in [0.1, 0.15) is 13.2 Å². The van der Waals surface area contributed by atoms with Gasteiger partial charge in [-0.3, -0.25) is 14.4 Å². The first kappa shape index (κ1) is 48.4. The van der Waals surface area contributed by atoms with Gasteiger partial charge in [-0.2, -0.15) is 0 Å². The molecule has 0 aromatic heterocycles. The van der Waals surface area contributed by atoms with Crippen molar-refractivity contribution < 1.29 is 28.6 Å². The zero-order valence-electron chi connectivity index (χ0n) is 33.9. The fraction of sp³-hybridized carbons (Fsp3) is 0.932. The minimum absolute atomic E-state index is 0.0644. The fourth-order valence-electron chi connectivity index (χ4n) is 6.45. The zero-order valence-corrected chi connectivity index (χ0v) is 33.9. The molecule has 0 aliphatic carbocycles. The molecule has 0 saturated carbocycles. The van der Waals surface area contributed by atoms with Gasteiger partial charge in [0.2, 0.25) is 0 Å². The van der Waals surface area contributed by atoms with Gasteiger partial charge in [-0.1, -0.05) is 201 Å². The van der Waals surface area contributed by atoms with Gasteiger partial charge in [0.25, 0.3) is 0 Å². The van der Waals surface area contributed by atoms with Gasteiger partial charge in [-0.05, 0) is 25.2 Å². The van der Waals surface area contributed by atoms with E-state index in [0.717, 1.165) is 63.7 Å². The Labute approximate surface area is 310 Å². The summed E-state index contributed by atoms with van der Waals surface area (Å²) in [6.07, 6.45) is 36.6. The molecule has 0 radical (unpaired) electrons. The predicted octanol–water partition coefficient (Wildman–Crippen LogP) is 13.6. The van der Waals surface area contributed by atoms with Crippen LogP contribution in [0.1, 0.15) is 240 Å². The summed E-state index contributed by atoms with van der Waals surface area (Å²) in [6.45, 7) is 8.94. The van der Waals surface area contributed by atoms with Gasteiger partial charge >= 0.3 is 17.9 Å². The number of hydrogen-bond donors (Lipinski definition) is 0. The maximum Gasteiger partial charge on any atom is 0.306 e. The van der Waals surface area contributed by atoms with Gasteiger partial charge in [-0.25, -0.2) is 0 Å². The lowest BCUT2D eigenvalue weighted by molar-refractivity contribution is -0.167. The van der Waals surface area contributed by atoms with Crippen LogP contribution in [-0.4, -0.2) is 37.2 Å². The molecule has 0 saturated heterocycles. The molecule has 0 aliphatic heterocycles. The standard InChI is InChI=1S/C44H84O6/c1-5-7-9-11-13-15-17-19-23-27-31-35-42(45)48-38-41(50-44(47)37-33-29-25-18-16-14-12-10-8-6-2)39-49-43(46)36-32-28-24-21-20-22-26-30-34-40(3)4/h40-41H,5-39H2,1-4H3/t41-/m0/s1. The molecule has 0 aromatic carbocycles. The molecule has 6 nitrogen and oxygen atoms in total. The number of hydrogen-bond acceptors (Lipinski definition) is 6. The molecule has 50 heavy (non-hydrogen) atoms. The molecule has 6 heteroatoms. The van der Waals surface area contributed by atoms with Gasteiger partial charge in [0.05, 0.1) is 0 Å². The normalized spacial score (nSPS) is 11.9. The number of carbonyl (C=O) groups is 3. The minimum Gasteiger partial charge on any atom is -0.462 e. The molecule has 1 atom stereocenters. The van der Waals surface area contributed by atoms with Crippen molar-refractivity contribution in [2.24, 2.45) is 5.92 Å². The van der Waals surface area contributed by atoms with Gasteiger partial charge in [0, 0.05) is 19.3 Å². The quantitative estimate of drug-likeness (QED) is 0.0359. The smallest absolute Gasteiger partial charge is 0.306 e. The third-order valence-electron chi connectivity index (χ3n) is 9.79. The summed E-state index contributed by atoms with van der Waals surface area (Å²) in [5.41, 5.74) is 0. The summed E-state index contributed by atoms with van der Waals surface area (Å²) in [5.74, 6) is -0.0635. The zero-order chi connectivity index (χ0) is 36.8. The van der Waals surface area contributed by atoms with Crippen molar-refractivity contribution in [3.63, 3.8) is 0 Å². The van der Waals surface area contributed by atoms with Crippen LogP contribution in [0.15, 0.2) is 0 Å². The lowest BCUT2D eigenvalue weighted by atomic mass is 10.0. The van der Waals surface area contributed by atoms with Crippen molar-refractivity contribution in [2.45, 2.75) is 246 Å². The Morgan fingerprint density at radius 2 is 0.660 bits per heavy atom. The monoisotopic (exact) mass is 709 g/mol. The van der Waals surface area contributed by atoms with Crippen molar-refractivity contribution in [2.75, 3.05) is 13.2 Å². The molecule has 296 valence electrons. The maximum absolute atomic E-state index is 12.6. The third kappa shape index (κ3) is 37.7. The van der Waals surface area contributed by atoms with Crippen molar-refractivity contribution >= 4 is 17.9 Å². The van der Waals surface area contributed by atoms with E-state index in [1.54, 1.807) is 0 Å². The van der Waals surface area contributed by atoms with Crippen LogP contribution in [0.2, 0.25) is 0 Å². The van der Waals surface area contributed by atoms with Crippen LogP contribution in [0, 0.1) is 5.92 Å². The summed E-state index contributed by atoms with van der Waals surface area (Å²) in [4.78, 5) is 37.6. The summed E-state index contributed by atoms with van der Waals surface area (Å²) < 4.78 is 16.7. The number of unbranched alkanes of at least 4 members (excludes halogenated alkanes) is 26. The Hall–Kier alpha value is -1.59. The van der Waals surface area contributed by atoms with Crippen molar-refractivity contribution in [1.82, 2.24) is 0 Å². The summed E-state index contributed by atoms with van der Waals surface area (Å²) in [5, 5.41) is 0. The number of ether oxygens (including phenoxy) is 3. The third-order valence-corrected chi connectivity index (χ3v) is 9.79. The highest BCUT2D eigenvalue weighted by atomic mass is 16.6. The van der Waals surface area contributed by atoms with E-state index in [1.165, 1.54) is 135 Å². The highest BCUT2D eigenvalue weighted by Crippen LogP contribution is 2.16. The number of carbonyl (C=O) groups excluding carboxylic acids is 3. The van der Waals surface area contributed by atoms with Crippen molar-refractivity contribution in [3.05, 3.63) is 0 Å². The molecule has 0 amide bonds. The van der Waals surface area contributed by atoms with Crippen LogP contribution in [0.3, 0.4) is 0 Å². The molecule has 0 heterocycles. The summed E-state index contributed by atoms with van der Waals surface area (Å²) in [7, 11) is 0. The predicted molar refractivity (Wildman–Crippen MR) is 210 cm³/mol. The van der Waals surface area contributed by atoms with Crippen LogP contribution in [0.5, 0.6) is 0 Å². The second-order valence-electron chi connectivity index (χ2n) is 15.5. The summed E-state index contributed by atoms with van der Waals surface area (Å²) in [6, 6.07) is 0. The molecule has 0 spiro atoms. The van der Waals surface area contributed by atoms with Crippen LogP contribution in [-0.2, 0) is 28.6 Å². The highest BCUT2D eigenvalue weighted by Gasteiger charge is 2.19. The second kappa shape index (κ2) is 38.6. The van der Waals surface area contributed by atoms with Gasteiger partial charge in [-0.15, -0.1) is 0 Å². The van der Waals surface area contributed by atoms with Crippen molar-refractivity contribution in [3.8, 4) is 0 Å². The Balaban J connectivity index is 4.33. The molecule has 0 bridgehead atoms. The molecular weight excluding hydrogens is 624 g/mol. The first-order chi connectivity index (χ1) is 24.4. The van der Waals surface area contributed by atoms with E-state index in [0.29, 0.717) is 19.3 Å². The topological polar surface area (TPSA) is 78.9 Å². The van der Waals surface area contributed by atoms with E-state index in [2.05, 4.69) is 27.7 Å². The fourth-order valence-corrected chi connectivity index (χ4v) is 6.45. The molecule has 0 fully saturated rings. The molecule has 0 aliphatic rings. The lowest BCUT2D eigenvalue weighted by Gasteiger charge is -2.18. The SMILES string of the molecule is CCCCCCCCCCCCCC(=O)OC[C@@H](COC(=O)CCCCCCCCCCC(C)C)OC(=O)CCCCCCCCCCCC. The van der Waals surface area contributed by atoms with Gasteiger partial charge in [0.15, 0.2) is 6.10 Å². The maximum atomic E-state index is 12.6. The number of esters is 3. The van der Waals surface area contributed by atoms with Gasteiger partial charge < -0.3 is 14.2 Å². The Morgan fingerprint density at radius 3 is 0.980 bits per heavy atom. The van der Waals surface area contributed by atoms with Crippen molar-refractivity contribution in [1.29, 1.82) is 0 Å². The highest BCUT2D eigenvalue weighted by molar-refractivity contribution is 5.71. The molecule has 0 N–H and O–H groups in total. The van der Waals surface area contributed by atoms with Crippen LogP contribution < -0.4 is 0 Å². The Bertz CT molecular complexity index is 751. The van der Waals surface area contributed by atoms with E-state index in [9.17, 15) is 14.4 Å². The average molecular weight is 709 g/mol. The van der Waals surface area contributed by atoms with Crippen LogP contribution in [0.25, 0.3) is 0 Å². The van der Waals surface area contributed by atoms with E-state index >= 15 is 0 Å². The largest absolute Gasteiger partial charge is 0.462 e. The van der Waals surface area contributed by atoms with E-state index in [-0.39, 0.29) is 31.1 Å². The minimum atomic E-state index is -0.758. The lowest BCUT2D eigenvalue weighted by Crippen LogP contribution is -2.30. The summed E-state index contributed by atoms with van der Waals surface area (Å²) >= 11 is 0. The van der Waals surface area contributed by atoms with E-state index in [1.807, 2.05) is 0 Å². The average Bonchev–Trinajstić information content (AvgIpc) is 3.09. The molecule has 0 unspecified atom stereocenters. The molecular formula is C44H84O6. The Morgan fingerprint density at radius 1 is 0.380 bits per heavy atom. The first-order valence-corrected chi connectivity index (χ1v) is 21.9.